The van der Waals surface area contributed by atoms with Crippen LogP contribution in [0.4, 0.5) is 16.2 Å². The maximum atomic E-state index is 13.6. The topological polar surface area (TPSA) is 103 Å². The Morgan fingerprint density at radius 1 is 0.854 bits per heavy atom. The fourth-order valence-electron chi connectivity index (χ4n) is 5.51. The van der Waals surface area contributed by atoms with Gasteiger partial charge < -0.3 is 34.8 Å². The first-order valence-corrected chi connectivity index (χ1v) is 16.1. The molecule has 0 spiro atoms. The van der Waals surface area contributed by atoms with Crippen molar-refractivity contribution >= 4 is 29.2 Å². The van der Waals surface area contributed by atoms with E-state index in [0.717, 1.165) is 42.9 Å². The SMILES string of the molecule is COc1cc(C(=O)N(C)c2ccccc2OCCCNC(=O)N2CCN(C)CC2)ccc1NC(=O)c1ccccc1-c1ccc(C)cc1. The van der Waals surface area contributed by atoms with Gasteiger partial charge in [0.25, 0.3) is 11.8 Å². The van der Waals surface area contributed by atoms with Gasteiger partial charge in [-0.2, -0.15) is 0 Å². The number of nitrogens with one attached hydrogen (secondary N) is 2. The molecule has 1 heterocycles. The number of carbonyl (C=O) groups excluding carboxylic acids is 3. The number of amides is 4. The van der Waals surface area contributed by atoms with Crippen molar-refractivity contribution in [3.8, 4) is 22.6 Å². The summed E-state index contributed by atoms with van der Waals surface area (Å²) in [4.78, 5) is 45.1. The summed E-state index contributed by atoms with van der Waals surface area (Å²) in [5.41, 5.74) is 4.86. The van der Waals surface area contributed by atoms with Gasteiger partial charge in [0.2, 0.25) is 0 Å². The van der Waals surface area contributed by atoms with Crippen molar-refractivity contribution in [2.24, 2.45) is 0 Å². The lowest BCUT2D eigenvalue weighted by Gasteiger charge is -2.32. The second kappa shape index (κ2) is 16.0. The van der Waals surface area contributed by atoms with Crippen LogP contribution in [0.15, 0.2) is 91.0 Å². The fraction of sp³-hybridized carbons (Fsp3) is 0.289. The van der Waals surface area contributed by atoms with Crippen molar-refractivity contribution in [3.63, 3.8) is 0 Å². The van der Waals surface area contributed by atoms with Crippen molar-refractivity contribution in [3.05, 3.63) is 108 Å². The van der Waals surface area contributed by atoms with E-state index in [2.05, 4.69) is 22.6 Å². The predicted molar refractivity (Wildman–Crippen MR) is 189 cm³/mol. The van der Waals surface area contributed by atoms with E-state index in [-0.39, 0.29) is 17.8 Å². The average Bonchev–Trinajstić information content (AvgIpc) is 3.11. The molecule has 5 rings (SSSR count). The molecule has 4 aromatic rings. The van der Waals surface area contributed by atoms with Crippen molar-refractivity contribution in [1.29, 1.82) is 0 Å². The molecule has 10 heteroatoms. The van der Waals surface area contributed by atoms with E-state index < -0.39 is 0 Å². The van der Waals surface area contributed by atoms with Crippen LogP contribution in [0.5, 0.6) is 11.5 Å². The van der Waals surface area contributed by atoms with Crippen LogP contribution < -0.4 is 25.0 Å². The van der Waals surface area contributed by atoms with Gasteiger partial charge in [0.1, 0.15) is 11.5 Å². The number of methoxy groups -OCH3 is 1. The average molecular weight is 650 g/mol. The van der Waals surface area contributed by atoms with E-state index in [1.165, 1.54) is 12.0 Å². The lowest BCUT2D eigenvalue weighted by Crippen LogP contribution is -2.50. The smallest absolute Gasteiger partial charge is 0.317 e. The second-order valence-electron chi connectivity index (χ2n) is 11.8. The molecule has 1 aliphatic heterocycles. The number of benzene rings is 4. The first-order valence-electron chi connectivity index (χ1n) is 16.1. The van der Waals surface area contributed by atoms with E-state index in [1.54, 1.807) is 31.3 Å². The summed E-state index contributed by atoms with van der Waals surface area (Å²) in [6.07, 6.45) is 0.616. The summed E-state index contributed by atoms with van der Waals surface area (Å²) in [6.45, 7) is 6.07. The number of anilines is 2. The number of piperazine rings is 1. The fourth-order valence-corrected chi connectivity index (χ4v) is 5.51. The molecule has 0 bridgehead atoms. The van der Waals surface area contributed by atoms with E-state index >= 15 is 0 Å². The number of aryl methyl sites for hydroxylation is 1. The van der Waals surface area contributed by atoms with Crippen LogP contribution in [-0.4, -0.2) is 88.2 Å². The number of rotatable bonds is 11. The van der Waals surface area contributed by atoms with Crippen LogP contribution in [0.2, 0.25) is 0 Å². The highest BCUT2D eigenvalue weighted by atomic mass is 16.5. The van der Waals surface area contributed by atoms with Crippen LogP contribution in [-0.2, 0) is 0 Å². The zero-order chi connectivity index (χ0) is 34.0. The number of likely N-dealkylation sites (N-methyl/N-ethyl adjacent to an activating group) is 1. The third-order valence-electron chi connectivity index (χ3n) is 8.41. The minimum Gasteiger partial charge on any atom is -0.495 e. The Kier molecular flexibility index (Phi) is 11.3. The monoisotopic (exact) mass is 649 g/mol. The third kappa shape index (κ3) is 8.32. The highest BCUT2D eigenvalue weighted by Crippen LogP contribution is 2.32. The van der Waals surface area contributed by atoms with E-state index in [0.29, 0.717) is 53.6 Å². The standard InChI is InChI=1S/C38H43N5O5/c1-27-14-16-28(17-15-27)30-10-5-6-11-31(30)36(44)40-32-19-18-29(26-35(32)47-4)37(45)42(3)33-12-7-8-13-34(33)48-25-9-20-39-38(46)43-23-21-41(2)22-24-43/h5-8,10-19,26H,9,20-25H2,1-4H3,(H,39,46)(H,40,44). The Labute approximate surface area is 282 Å². The predicted octanol–water partition coefficient (Wildman–Crippen LogP) is 5.93. The van der Waals surface area contributed by atoms with Crippen molar-refractivity contribution in [2.75, 3.05) is 70.8 Å². The lowest BCUT2D eigenvalue weighted by molar-refractivity contribution is 0.0990. The van der Waals surface area contributed by atoms with Crippen LogP contribution in [0.3, 0.4) is 0 Å². The molecule has 10 nitrogen and oxygen atoms in total. The first kappa shape index (κ1) is 34.0. The van der Waals surface area contributed by atoms with Gasteiger partial charge in [0, 0.05) is 50.9 Å². The summed E-state index contributed by atoms with van der Waals surface area (Å²) < 4.78 is 11.6. The molecule has 0 unspecified atom stereocenters. The molecular weight excluding hydrogens is 606 g/mol. The molecule has 0 aromatic heterocycles. The number of nitrogens with zero attached hydrogens (tertiary/aromatic N) is 3. The Hall–Kier alpha value is -5.35. The van der Waals surface area contributed by atoms with Crippen molar-refractivity contribution in [1.82, 2.24) is 15.1 Å². The van der Waals surface area contributed by atoms with Gasteiger partial charge in [-0.05, 0) is 67.9 Å². The Morgan fingerprint density at radius 3 is 2.31 bits per heavy atom. The number of hydrogen-bond donors (Lipinski definition) is 2. The van der Waals surface area contributed by atoms with Gasteiger partial charge in [0.05, 0.1) is 25.1 Å². The minimum absolute atomic E-state index is 0.0538. The summed E-state index contributed by atoms with van der Waals surface area (Å²) in [6, 6.07) is 27.7. The van der Waals surface area contributed by atoms with Gasteiger partial charge in [-0.15, -0.1) is 0 Å². The van der Waals surface area contributed by atoms with E-state index in [1.807, 2.05) is 78.6 Å². The van der Waals surface area contributed by atoms with Gasteiger partial charge >= 0.3 is 6.03 Å². The molecule has 0 atom stereocenters. The molecule has 0 aliphatic carbocycles. The molecule has 0 saturated carbocycles. The number of carbonyl (C=O) groups is 3. The number of para-hydroxylation sites is 2. The Bertz CT molecular complexity index is 1730. The largest absolute Gasteiger partial charge is 0.495 e. The zero-order valence-electron chi connectivity index (χ0n) is 28.0. The maximum absolute atomic E-state index is 13.6. The van der Waals surface area contributed by atoms with Gasteiger partial charge in [-0.3, -0.25) is 9.59 Å². The van der Waals surface area contributed by atoms with Crippen LogP contribution >= 0.6 is 0 Å². The van der Waals surface area contributed by atoms with Crippen LogP contribution in [0.25, 0.3) is 11.1 Å². The van der Waals surface area contributed by atoms with E-state index in [4.69, 9.17) is 9.47 Å². The molecule has 4 amide bonds. The molecule has 250 valence electrons. The molecule has 48 heavy (non-hydrogen) atoms. The number of urea groups is 1. The van der Waals surface area contributed by atoms with Crippen molar-refractivity contribution < 1.29 is 23.9 Å². The molecule has 0 radical (unpaired) electrons. The minimum atomic E-state index is -0.286. The summed E-state index contributed by atoms with van der Waals surface area (Å²) in [5.74, 6) is 0.359. The lowest BCUT2D eigenvalue weighted by atomic mass is 9.98. The first-order chi connectivity index (χ1) is 23.2. The highest BCUT2D eigenvalue weighted by molar-refractivity contribution is 6.10. The van der Waals surface area contributed by atoms with Gasteiger partial charge in [-0.1, -0.05) is 60.2 Å². The molecule has 2 N–H and O–H groups in total. The number of ether oxygens (including phenoxy) is 2. The van der Waals surface area contributed by atoms with E-state index in [9.17, 15) is 14.4 Å². The quantitative estimate of drug-likeness (QED) is 0.196. The van der Waals surface area contributed by atoms with Crippen molar-refractivity contribution in [2.45, 2.75) is 13.3 Å². The Morgan fingerprint density at radius 2 is 1.56 bits per heavy atom. The summed E-state index contributed by atoms with van der Waals surface area (Å²) in [7, 11) is 5.24. The molecule has 4 aromatic carbocycles. The van der Waals surface area contributed by atoms with Crippen LogP contribution in [0, 0.1) is 6.92 Å². The molecular formula is C38H43N5O5. The molecule has 1 saturated heterocycles. The molecule has 1 aliphatic rings. The maximum Gasteiger partial charge on any atom is 0.317 e. The van der Waals surface area contributed by atoms with Gasteiger partial charge in [0.15, 0.2) is 0 Å². The van der Waals surface area contributed by atoms with Crippen LogP contribution in [0.1, 0.15) is 32.7 Å². The normalized spacial score (nSPS) is 13.0. The molecule has 1 fully saturated rings. The third-order valence-corrected chi connectivity index (χ3v) is 8.41. The number of hydrogen-bond acceptors (Lipinski definition) is 6. The van der Waals surface area contributed by atoms with Gasteiger partial charge in [-0.25, -0.2) is 4.79 Å². The second-order valence-corrected chi connectivity index (χ2v) is 11.8. The summed E-state index contributed by atoms with van der Waals surface area (Å²) >= 11 is 0. The zero-order valence-corrected chi connectivity index (χ0v) is 28.0. The summed E-state index contributed by atoms with van der Waals surface area (Å²) in [5, 5.41) is 5.92. The highest BCUT2D eigenvalue weighted by Gasteiger charge is 2.21. The Balaban J connectivity index is 1.21.